The Morgan fingerprint density at radius 2 is 2.18 bits per heavy atom. The van der Waals surface area contributed by atoms with Gasteiger partial charge in [-0.15, -0.1) is 11.3 Å². The number of sulfone groups is 1. The van der Waals surface area contributed by atoms with Crippen LogP contribution in [-0.2, 0) is 26.0 Å². The summed E-state index contributed by atoms with van der Waals surface area (Å²) in [5.74, 6) is 1.13. The van der Waals surface area contributed by atoms with Crippen molar-refractivity contribution in [2.24, 2.45) is 0 Å². The summed E-state index contributed by atoms with van der Waals surface area (Å²) in [6.07, 6.45) is 2.89. The number of thiophene rings is 1. The fourth-order valence-electron chi connectivity index (χ4n) is 3.91. The van der Waals surface area contributed by atoms with Crippen LogP contribution in [0.1, 0.15) is 35.7 Å². The van der Waals surface area contributed by atoms with Gasteiger partial charge in [-0.05, 0) is 49.4 Å². The van der Waals surface area contributed by atoms with Crippen LogP contribution < -0.4 is 0 Å². The van der Waals surface area contributed by atoms with Crippen molar-refractivity contribution >= 4 is 67.4 Å². The molecule has 2 aromatic rings. The zero-order valence-electron chi connectivity index (χ0n) is 18.1. The standard InChI is InChI=1S/C22H24N2O5S4/c1-15-6-7-17(29-15)13-24(16-8-11-33(27,28)14-16)20(25)5-2-9-23-21(26)19(32-22(23)30)12-18-4-3-10-31-18/h3-4,6-7,10,12,16H,2,5,8-9,11,13-14H2,1H3/b19-12-. The number of amides is 2. The van der Waals surface area contributed by atoms with E-state index in [0.717, 1.165) is 10.6 Å². The molecule has 176 valence electrons. The van der Waals surface area contributed by atoms with E-state index in [0.29, 0.717) is 34.4 Å². The molecule has 33 heavy (non-hydrogen) atoms. The van der Waals surface area contributed by atoms with Gasteiger partial charge in [0.05, 0.1) is 23.0 Å². The minimum atomic E-state index is -3.14. The third-order valence-corrected chi connectivity index (χ3v) is 9.50. The molecule has 2 fully saturated rings. The summed E-state index contributed by atoms with van der Waals surface area (Å²) < 4.78 is 30.1. The molecule has 0 bridgehead atoms. The van der Waals surface area contributed by atoms with E-state index in [1.54, 1.807) is 22.3 Å². The van der Waals surface area contributed by atoms with Crippen molar-refractivity contribution in [3.8, 4) is 0 Å². The van der Waals surface area contributed by atoms with Gasteiger partial charge in [-0.2, -0.15) is 0 Å². The average molecular weight is 525 g/mol. The Hall–Kier alpha value is -1.95. The lowest BCUT2D eigenvalue weighted by molar-refractivity contribution is -0.134. The van der Waals surface area contributed by atoms with E-state index >= 15 is 0 Å². The molecule has 2 aromatic heterocycles. The second kappa shape index (κ2) is 10.1. The van der Waals surface area contributed by atoms with Gasteiger partial charge in [-0.25, -0.2) is 8.42 Å². The quantitative estimate of drug-likeness (QED) is 0.383. The lowest BCUT2D eigenvalue weighted by atomic mass is 10.1. The molecule has 0 radical (unpaired) electrons. The first-order valence-corrected chi connectivity index (χ1v) is 14.5. The molecule has 11 heteroatoms. The molecule has 0 N–H and O–H groups in total. The topological polar surface area (TPSA) is 87.9 Å². The monoisotopic (exact) mass is 524 g/mol. The van der Waals surface area contributed by atoms with Gasteiger partial charge in [0, 0.05) is 23.9 Å². The largest absolute Gasteiger partial charge is 0.464 e. The number of nitrogens with zero attached hydrogens (tertiary/aromatic N) is 2. The zero-order valence-corrected chi connectivity index (χ0v) is 21.3. The Kier molecular flexibility index (Phi) is 7.42. The number of thioether (sulfide) groups is 1. The number of rotatable bonds is 8. The second-order valence-corrected chi connectivity index (χ2v) is 12.9. The lowest BCUT2D eigenvalue weighted by Gasteiger charge is -2.28. The first-order valence-electron chi connectivity index (χ1n) is 10.6. The van der Waals surface area contributed by atoms with Crippen molar-refractivity contribution in [2.75, 3.05) is 18.1 Å². The number of furan rings is 1. The number of carbonyl (C=O) groups is 2. The van der Waals surface area contributed by atoms with Crippen molar-refractivity contribution < 1.29 is 22.4 Å². The highest BCUT2D eigenvalue weighted by Crippen LogP contribution is 2.33. The van der Waals surface area contributed by atoms with Gasteiger partial charge < -0.3 is 9.32 Å². The lowest BCUT2D eigenvalue weighted by Crippen LogP contribution is -2.41. The Labute approximate surface area is 206 Å². The number of aryl methyl sites for hydroxylation is 1. The molecule has 2 saturated heterocycles. The number of hydrogen-bond donors (Lipinski definition) is 0. The van der Waals surface area contributed by atoms with E-state index in [4.69, 9.17) is 16.6 Å². The van der Waals surface area contributed by atoms with Gasteiger partial charge in [0.25, 0.3) is 5.91 Å². The SMILES string of the molecule is Cc1ccc(CN(C(=O)CCCN2C(=O)/C(=C/c3cccs3)SC2=S)C2CCS(=O)(=O)C2)o1. The third-order valence-electron chi connectivity index (χ3n) is 5.55. The van der Waals surface area contributed by atoms with Gasteiger partial charge in [0.2, 0.25) is 5.91 Å². The van der Waals surface area contributed by atoms with Gasteiger partial charge in [-0.1, -0.05) is 30.0 Å². The van der Waals surface area contributed by atoms with Crippen molar-refractivity contribution in [3.05, 3.63) is 50.9 Å². The predicted molar refractivity (Wildman–Crippen MR) is 134 cm³/mol. The minimum Gasteiger partial charge on any atom is -0.464 e. The maximum Gasteiger partial charge on any atom is 0.266 e. The van der Waals surface area contributed by atoms with Crippen LogP contribution in [0.15, 0.2) is 39.0 Å². The Morgan fingerprint density at radius 3 is 2.82 bits per heavy atom. The molecule has 4 heterocycles. The molecule has 7 nitrogen and oxygen atoms in total. The van der Waals surface area contributed by atoms with Crippen LogP contribution in [-0.4, -0.2) is 58.4 Å². The highest BCUT2D eigenvalue weighted by molar-refractivity contribution is 8.26. The summed E-state index contributed by atoms with van der Waals surface area (Å²) >= 11 is 8.20. The first-order chi connectivity index (χ1) is 15.7. The Bertz CT molecular complexity index is 1180. The van der Waals surface area contributed by atoms with Crippen molar-refractivity contribution in [1.82, 2.24) is 9.80 Å². The number of thiocarbonyl (C=S) groups is 1. The van der Waals surface area contributed by atoms with Crippen LogP contribution in [0.2, 0.25) is 0 Å². The maximum atomic E-state index is 13.1. The van der Waals surface area contributed by atoms with Crippen molar-refractivity contribution in [1.29, 1.82) is 0 Å². The van der Waals surface area contributed by atoms with E-state index in [1.807, 2.05) is 36.6 Å². The van der Waals surface area contributed by atoms with Crippen LogP contribution in [0.25, 0.3) is 6.08 Å². The molecule has 0 aliphatic carbocycles. The van der Waals surface area contributed by atoms with Gasteiger partial charge in [0.1, 0.15) is 15.8 Å². The molecule has 4 rings (SSSR count). The van der Waals surface area contributed by atoms with E-state index in [1.165, 1.54) is 16.7 Å². The summed E-state index contributed by atoms with van der Waals surface area (Å²) in [6, 6.07) is 7.13. The first kappa shape index (κ1) is 24.2. The predicted octanol–water partition coefficient (Wildman–Crippen LogP) is 3.85. The molecule has 0 aromatic carbocycles. The van der Waals surface area contributed by atoms with Crippen LogP contribution >= 0.6 is 35.3 Å². The summed E-state index contributed by atoms with van der Waals surface area (Å²) in [7, 11) is -3.14. The van der Waals surface area contributed by atoms with Crippen molar-refractivity contribution in [3.63, 3.8) is 0 Å². The summed E-state index contributed by atoms with van der Waals surface area (Å²) in [6.45, 7) is 2.40. The van der Waals surface area contributed by atoms with Gasteiger partial charge in [-0.3, -0.25) is 14.5 Å². The van der Waals surface area contributed by atoms with Crippen LogP contribution in [0, 0.1) is 6.92 Å². The number of hydrogen-bond acceptors (Lipinski definition) is 8. The van der Waals surface area contributed by atoms with E-state index in [2.05, 4.69) is 0 Å². The fraction of sp³-hybridized carbons (Fsp3) is 0.409. The van der Waals surface area contributed by atoms with Crippen LogP contribution in [0.4, 0.5) is 0 Å². The van der Waals surface area contributed by atoms with Crippen LogP contribution in [0.3, 0.4) is 0 Å². The molecular formula is C22H24N2O5S4. The Balaban J connectivity index is 1.38. The molecular weight excluding hydrogens is 501 g/mol. The normalized spacial score (nSPS) is 21.3. The van der Waals surface area contributed by atoms with Gasteiger partial charge in [0.15, 0.2) is 9.84 Å². The van der Waals surface area contributed by atoms with Crippen LogP contribution in [0.5, 0.6) is 0 Å². The second-order valence-electron chi connectivity index (χ2n) is 8.04. The van der Waals surface area contributed by atoms with Crippen molar-refractivity contribution in [2.45, 2.75) is 38.8 Å². The summed E-state index contributed by atoms with van der Waals surface area (Å²) in [4.78, 5) is 30.6. The molecule has 2 aliphatic rings. The number of carbonyl (C=O) groups excluding carboxylic acids is 2. The van der Waals surface area contributed by atoms with Gasteiger partial charge >= 0.3 is 0 Å². The summed E-state index contributed by atoms with van der Waals surface area (Å²) in [5, 5.41) is 1.95. The molecule has 0 saturated carbocycles. The summed E-state index contributed by atoms with van der Waals surface area (Å²) in [5.41, 5.74) is 0. The third kappa shape index (κ3) is 5.95. The van der Waals surface area contributed by atoms with E-state index < -0.39 is 9.84 Å². The Morgan fingerprint density at radius 1 is 1.36 bits per heavy atom. The van der Waals surface area contributed by atoms with E-state index in [-0.39, 0.29) is 42.3 Å². The maximum absolute atomic E-state index is 13.1. The smallest absolute Gasteiger partial charge is 0.266 e. The zero-order chi connectivity index (χ0) is 23.6. The molecule has 2 amide bonds. The average Bonchev–Trinajstić information content (AvgIpc) is 3.53. The highest BCUT2D eigenvalue weighted by atomic mass is 32.2. The molecule has 0 spiro atoms. The molecule has 1 unspecified atom stereocenters. The minimum absolute atomic E-state index is 0.0271. The molecule has 2 aliphatic heterocycles. The highest BCUT2D eigenvalue weighted by Gasteiger charge is 2.36. The van der Waals surface area contributed by atoms with E-state index in [9.17, 15) is 18.0 Å². The fourth-order valence-corrected chi connectivity index (χ4v) is 7.67. The molecule has 1 atom stereocenters.